The van der Waals surface area contributed by atoms with E-state index in [1.165, 1.54) is 29.2 Å². The second-order valence-corrected chi connectivity index (χ2v) is 6.52. The topological polar surface area (TPSA) is 84.0 Å². The first-order valence-electron chi connectivity index (χ1n) is 7.38. The number of rotatable bonds is 4. The molecule has 0 aliphatic carbocycles. The summed E-state index contributed by atoms with van der Waals surface area (Å²) in [6, 6.07) is 5.96. The maximum Gasteiger partial charge on any atom is 0.488 e. The van der Waals surface area contributed by atoms with Crippen molar-refractivity contribution in [3.05, 3.63) is 36.4 Å². The van der Waals surface area contributed by atoms with Crippen LogP contribution in [0.15, 0.2) is 36.4 Å². The predicted octanol–water partition coefficient (Wildman–Crippen LogP) is 1.17. The van der Waals surface area contributed by atoms with Crippen LogP contribution < -0.4 is 9.08 Å². The molecule has 1 fully saturated rings. The molecular weight excluding hydrogens is 339 g/mol. The third kappa shape index (κ3) is 3.56. The van der Waals surface area contributed by atoms with Crippen LogP contribution >= 0.6 is 0 Å². The summed E-state index contributed by atoms with van der Waals surface area (Å²) in [6.45, 7) is 1.15. The van der Waals surface area contributed by atoms with E-state index in [1.54, 1.807) is 12.1 Å². The van der Waals surface area contributed by atoms with Crippen molar-refractivity contribution in [2.75, 3.05) is 18.0 Å². The fraction of sp³-hybridized carbons (Fsp3) is 0.333. The quantitative estimate of drug-likeness (QED) is 0.596. The summed E-state index contributed by atoms with van der Waals surface area (Å²) >= 11 is 0. The number of piperidine rings is 1. The fourth-order valence-corrected chi connectivity index (χ4v) is 3.33. The molecule has 0 aromatic heterocycles. The monoisotopic (exact) mass is 354 g/mol. The highest BCUT2D eigenvalue weighted by atomic mass is 32.3. The molecule has 0 atom stereocenters. The van der Waals surface area contributed by atoms with Crippen molar-refractivity contribution < 1.29 is 26.1 Å². The molecule has 1 saturated heterocycles. The van der Waals surface area contributed by atoms with Gasteiger partial charge in [-0.15, -0.1) is 0 Å². The van der Waals surface area contributed by atoms with E-state index < -0.39 is 10.5 Å². The van der Waals surface area contributed by atoms with Crippen LogP contribution in [0.5, 0.6) is 5.75 Å². The lowest BCUT2D eigenvalue weighted by Crippen LogP contribution is -2.47. The number of amides is 2. The minimum absolute atomic E-state index is 0.105. The Kier molecular flexibility index (Phi) is 4.27. The highest BCUT2D eigenvalue weighted by Crippen LogP contribution is 2.27. The molecule has 1 aromatic rings. The van der Waals surface area contributed by atoms with Crippen molar-refractivity contribution in [1.82, 2.24) is 4.90 Å². The fourth-order valence-electron chi connectivity index (χ4n) is 3.00. The molecule has 2 aliphatic heterocycles. The summed E-state index contributed by atoms with van der Waals surface area (Å²) in [5, 5.41) is 0. The smallest absolute Gasteiger partial charge is 0.371 e. The van der Waals surface area contributed by atoms with E-state index in [0.717, 1.165) is 0 Å². The average Bonchev–Trinajstić information content (AvgIpc) is 2.85. The summed E-state index contributed by atoms with van der Waals surface area (Å²) in [5.74, 6) is -0.685. The van der Waals surface area contributed by atoms with Crippen molar-refractivity contribution in [2.45, 2.75) is 18.9 Å². The van der Waals surface area contributed by atoms with E-state index in [9.17, 15) is 21.9 Å². The number of nitrogens with zero attached hydrogens (tertiary/aromatic N) is 2. The third-order valence-corrected chi connectivity index (χ3v) is 4.44. The third-order valence-electron chi connectivity index (χ3n) is 4.05. The van der Waals surface area contributed by atoms with Gasteiger partial charge in [-0.25, -0.2) is 0 Å². The minimum Gasteiger partial charge on any atom is -0.371 e. The first-order valence-corrected chi connectivity index (χ1v) is 8.69. The highest BCUT2D eigenvalue weighted by Gasteiger charge is 2.33. The zero-order chi connectivity index (χ0) is 17.3. The highest BCUT2D eigenvalue weighted by molar-refractivity contribution is 7.81. The molecule has 128 valence electrons. The van der Waals surface area contributed by atoms with Gasteiger partial charge in [-0.1, -0.05) is 9.95 Å². The van der Waals surface area contributed by atoms with E-state index in [0.29, 0.717) is 31.6 Å². The van der Waals surface area contributed by atoms with Crippen LogP contribution in [0.25, 0.3) is 0 Å². The van der Waals surface area contributed by atoms with Crippen molar-refractivity contribution in [3.8, 4) is 5.75 Å². The molecule has 2 heterocycles. The standard InChI is InChI=1S/C15H15FN2O5S/c16-24(21,22)23-13-3-1-2-12(10-13)17-8-6-11(7-9-17)18-14(19)4-5-15(18)20/h1-5,10-11H,6-9H2. The van der Waals surface area contributed by atoms with Gasteiger partial charge >= 0.3 is 10.5 Å². The minimum atomic E-state index is -5.06. The molecule has 7 nitrogen and oxygen atoms in total. The zero-order valence-electron chi connectivity index (χ0n) is 12.6. The van der Waals surface area contributed by atoms with Crippen LogP contribution in [0.4, 0.5) is 9.57 Å². The molecule has 0 N–H and O–H groups in total. The second-order valence-electron chi connectivity index (χ2n) is 5.57. The van der Waals surface area contributed by atoms with Gasteiger partial charge in [0.15, 0.2) is 0 Å². The number of halogens is 1. The lowest BCUT2D eigenvalue weighted by molar-refractivity contribution is -0.139. The number of carbonyl (C=O) groups is 2. The molecule has 0 bridgehead atoms. The molecule has 0 unspecified atom stereocenters. The van der Waals surface area contributed by atoms with Gasteiger partial charge in [0, 0.05) is 43.0 Å². The molecule has 0 spiro atoms. The lowest BCUT2D eigenvalue weighted by Gasteiger charge is -2.36. The lowest BCUT2D eigenvalue weighted by atomic mass is 10.0. The second kappa shape index (κ2) is 6.23. The SMILES string of the molecule is O=C1C=CC(=O)N1C1CCN(c2cccc(OS(=O)(=O)F)c2)CC1. The van der Waals surface area contributed by atoms with Crippen LogP contribution in [0.1, 0.15) is 12.8 Å². The van der Waals surface area contributed by atoms with Crippen molar-refractivity contribution in [3.63, 3.8) is 0 Å². The van der Waals surface area contributed by atoms with Gasteiger partial charge in [0.1, 0.15) is 5.75 Å². The normalized spacial score (nSPS) is 19.2. The molecular formula is C15H15FN2O5S. The molecule has 24 heavy (non-hydrogen) atoms. The Balaban J connectivity index is 1.66. The van der Waals surface area contributed by atoms with Gasteiger partial charge in [-0.3, -0.25) is 14.5 Å². The van der Waals surface area contributed by atoms with Crippen LogP contribution in [0.2, 0.25) is 0 Å². The average molecular weight is 354 g/mol. The first kappa shape index (κ1) is 16.4. The largest absolute Gasteiger partial charge is 0.488 e. The van der Waals surface area contributed by atoms with Crippen molar-refractivity contribution in [2.24, 2.45) is 0 Å². The van der Waals surface area contributed by atoms with E-state index in [-0.39, 0.29) is 23.6 Å². The molecule has 2 aliphatic rings. The molecule has 0 radical (unpaired) electrons. The molecule has 0 saturated carbocycles. The number of hydrogen-bond acceptors (Lipinski definition) is 6. The van der Waals surface area contributed by atoms with Gasteiger partial charge in [0.2, 0.25) is 0 Å². The first-order chi connectivity index (χ1) is 11.3. The summed E-state index contributed by atoms with van der Waals surface area (Å²) in [5.41, 5.74) is 0.687. The Hall–Kier alpha value is -2.42. The van der Waals surface area contributed by atoms with Gasteiger partial charge in [-0.2, -0.15) is 8.42 Å². The summed E-state index contributed by atoms with van der Waals surface area (Å²) in [6.07, 6.45) is 3.75. The summed E-state index contributed by atoms with van der Waals surface area (Å²) in [7, 11) is -5.06. The Morgan fingerprint density at radius 3 is 2.29 bits per heavy atom. The Bertz CT molecular complexity index is 782. The van der Waals surface area contributed by atoms with Crippen molar-refractivity contribution in [1.29, 1.82) is 0 Å². The Morgan fingerprint density at radius 2 is 1.71 bits per heavy atom. The molecule has 9 heteroatoms. The number of benzene rings is 1. The maximum absolute atomic E-state index is 12.6. The van der Waals surface area contributed by atoms with Gasteiger partial charge in [-0.05, 0) is 25.0 Å². The summed E-state index contributed by atoms with van der Waals surface area (Å²) < 4.78 is 38.0. The van der Waals surface area contributed by atoms with E-state index in [2.05, 4.69) is 4.18 Å². The number of imide groups is 1. The maximum atomic E-state index is 12.6. The van der Waals surface area contributed by atoms with Crippen LogP contribution in [0.3, 0.4) is 0 Å². The molecule has 2 amide bonds. The van der Waals surface area contributed by atoms with E-state index in [4.69, 9.17) is 0 Å². The van der Waals surface area contributed by atoms with E-state index >= 15 is 0 Å². The van der Waals surface area contributed by atoms with Crippen LogP contribution in [-0.4, -0.2) is 44.3 Å². The van der Waals surface area contributed by atoms with Gasteiger partial charge < -0.3 is 9.08 Å². The predicted molar refractivity (Wildman–Crippen MR) is 83.3 cm³/mol. The summed E-state index contributed by atoms with van der Waals surface area (Å²) in [4.78, 5) is 26.7. The van der Waals surface area contributed by atoms with E-state index in [1.807, 2.05) is 4.90 Å². The molecule has 1 aromatic carbocycles. The molecule has 3 rings (SSSR count). The Labute approximate surface area is 138 Å². The van der Waals surface area contributed by atoms with Crippen molar-refractivity contribution >= 4 is 28.0 Å². The van der Waals surface area contributed by atoms with Crippen LogP contribution in [-0.2, 0) is 20.1 Å². The van der Waals surface area contributed by atoms with Gasteiger partial charge in [0.25, 0.3) is 11.8 Å². The van der Waals surface area contributed by atoms with Gasteiger partial charge in [0.05, 0.1) is 0 Å². The number of hydrogen-bond donors (Lipinski definition) is 0. The Morgan fingerprint density at radius 1 is 1.08 bits per heavy atom. The van der Waals surface area contributed by atoms with Crippen LogP contribution in [0, 0.1) is 0 Å². The number of carbonyl (C=O) groups excluding carboxylic acids is 2. The number of anilines is 1. The zero-order valence-corrected chi connectivity index (χ0v) is 13.4.